The highest BCUT2D eigenvalue weighted by atomic mass is 16.2. The molecule has 4 amide bonds. The van der Waals surface area contributed by atoms with E-state index in [-0.39, 0.29) is 30.2 Å². The van der Waals surface area contributed by atoms with Crippen LogP contribution in [0.4, 0.5) is 0 Å². The van der Waals surface area contributed by atoms with Crippen LogP contribution in [0.25, 0.3) is 0 Å². The molecule has 11 heteroatoms. The maximum absolute atomic E-state index is 13.8. The minimum atomic E-state index is -0.872. The number of aliphatic imine (C=N–C) groups is 1. The summed E-state index contributed by atoms with van der Waals surface area (Å²) in [6.07, 6.45) is 2.67. The van der Waals surface area contributed by atoms with Crippen molar-refractivity contribution in [1.82, 2.24) is 20.4 Å². The maximum atomic E-state index is 13.8. The molecule has 1 aromatic rings. The monoisotopic (exact) mass is 497 g/mol. The van der Waals surface area contributed by atoms with Crippen LogP contribution < -0.4 is 22.1 Å². The molecule has 3 aliphatic rings. The second kappa shape index (κ2) is 11.0. The number of hydrogen-bond acceptors (Lipinski definition) is 5. The number of fused-ring (bicyclic) bond motifs is 3. The summed E-state index contributed by atoms with van der Waals surface area (Å²) >= 11 is 0. The van der Waals surface area contributed by atoms with Gasteiger partial charge in [0.15, 0.2) is 5.96 Å². The zero-order chi connectivity index (χ0) is 25.8. The summed E-state index contributed by atoms with van der Waals surface area (Å²) in [5.41, 5.74) is 12.8. The Bertz CT molecular complexity index is 1050. The SMILES string of the molecule is CC[C@@H]1NC(=O)[C@H](CCCN=C(N)N)NC(=O)[C@H]2CCCN2C(=O)[C@@H]2Cc3ccccc3CN2C1=O. The summed E-state index contributed by atoms with van der Waals surface area (Å²) in [6.45, 7) is 2.84. The number of rotatable bonds is 5. The van der Waals surface area contributed by atoms with E-state index >= 15 is 0 Å². The Kier molecular flexibility index (Phi) is 7.76. The standard InChI is InChI=1S/C25H35N7O4/c1-2-17-23(35)32-14-16-8-4-3-7-15(16)13-20(32)24(36)31-12-6-10-19(31)22(34)30-18(21(33)29-17)9-5-11-28-25(26)27/h3-4,7-8,17-20H,2,5-6,9-14H2,1H3,(H,29,33)(H,30,34)(H4,26,27,28)/t17-,18-,19+,20-/m0/s1. The van der Waals surface area contributed by atoms with Crippen molar-refractivity contribution in [3.05, 3.63) is 35.4 Å². The Balaban J connectivity index is 1.66. The van der Waals surface area contributed by atoms with Crippen LogP contribution in [0.15, 0.2) is 29.3 Å². The van der Waals surface area contributed by atoms with Gasteiger partial charge < -0.3 is 31.9 Å². The van der Waals surface area contributed by atoms with Gasteiger partial charge in [-0.1, -0.05) is 31.2 Å². The van der Waals surface area contributed by atoms with Gasteiger partial charge in [0.2, 0.25) is 23.6 Å². The maximum Gasteiger partial charge on any atom is 0.246 e. The number of carbonyl (C=O) groups is 4. The molecule has 6 N–H and O–H groups in total. The zero-order valence-electron chi connectivity index (χ0n) is 20.6. The number of nitrogens with one attached hydrogen (secondary N) is 2. The molecule has 0 spiro atoms. The molecule has 2 fully saturated rings. The summed E-state index contributed by atoms with van der Waals surface area (Å²) in [5.74, 6) is -1.34. The predicted octanol–water partition coefficient (Wildman–Crippen LogP) is -0.622. The third-order valence-corrected chi connectivity index (χ3v) is 7.26. The van der Waals surface area contributed by atoms with Crippen LogP contribution >= 0.6 is 0 Å². The number of amides is 4. The van der Waals surface area contributed by atoms with Crippen molar-refractivity contribution in [3.8, 4) is 0 Å². The van der Waals surface area contributed by atoms with E-state index in [9.17, 15) is 19.2 Å². The fraction of sp³-hybridized carbons (Fsp3) is 0.560. The number of nitrogens with zero attached hydrogens (tertiary/aromatic N) is 3. The van der Waals surface area contributed by atoms with Crippen molar-refractivity contribution < 1.29 is 19.2 Å². The van der Waals surface area contributed by atoms with Gasteiger partial charge in [-0.3, -0.25) is 24.2 Å². The van der Waals surface area contributed by atoms with E-state index in [1.807, 2.05) is 31.2 Å². The molecule has 3 aliphatic heterocycles. The first-order valence-electron chi connectivity index (χ1n) is 12.6. The van der Waals surface area contributed by atoms with Gasteiger partial charge in [-0.15, -0.1) is 0 Å². The molecule has 0 aliphatic carbocycles. The second-order valence-corrected chi connectivity index (χ2v) is 9.62. The summed E-state index contributed by atoms with van der Waals surface area (Å²) < 4.78 is 0. The summed E-state index contributed by atoms with van der Waals surface area (Å²) in [4.78, 5) is 61.2. The molecular formula is C25H35N7O4. The molecule has 0 saturated carbocycles. The molecule has 4 atom stereocenters. The fourth-order valence-electron chi connectivity index (χ4n) is 5.32. The van der Waals surface area contributed by atoms with Gasteiger partial charge in [0.25, 0.3) is 0 Å². The van der Waals surface area contributed by atoms with E-state index < -0.39 is 30.1 Å². The molecule has 0 bridgehead atoms. The molecule has 0 aromatic heterocycles. The van der Waals surface area contributed by atoms with E-state index in [2.05, 4.69) is 15.6 Å². The van der Waals surface area contributed by atoms with Crippen molar-refractivity contribution in [1.29, 1.82) is 0 Å². The second-order valence-electron chi connectivity index (χ2n) is 9.62. The van der Waals surface area contributed by atoms with E-state index in [1.54, 1.807) is 9.80 Å². The van der Waals surface area contributed by atoms with Crippen molar-refractivity contribution in [2.24, 2.45) is 16.5 Å². The molecule has 3 heterocycles. The Morgan fingerprint density at radius 2 is 1.69 bits per heavy atom. The Morgan fingerprint density at radius 1 is 0.972 bits per heavy atom. The summed E-state index contributed by atoms with van der Waals surface area (Å²) in [6, 6.07) is 4.67. The van der Waals surface area contributed by atoms with Crippen LogP contribution in [-0.2, 0) is 32.1 Å². The smallest absolute Gasteiger partial charge is 0.246 e. The molecule has 194 valence electrons. The quantitative estimate of drug-likeness (QED) is 0.241. The van der Waals surface area contributed by atoms with Gasteiger partial charge >= 0.3 is 0 Å². The van der Waals surface area contributed by atoms with E-state index in [4.69, 9.17) is 11.5 Å². The molecular weight excluding hydrogens is 462 g/mol. The van der Waals surface area contributed by atoms with E-state index in [1.165, 1.54) is 0 Å². The normalized spacial score (nSPS) is 26.6. The first kappa shape index (κ1) is 25.5. The highest BCUT2D eigenvalue weighted by Crippen LogP contribution is 2.28. The topological polar surface area (TPSA) is 163 Å². The van der Waals surface area contributed by atoms with Gasteiger partial charge in [0.1, 0.15) is 24.2 Å². The Morgan fingerprint density at radius 3 is 2.42 bits per heavy atom. The van der Waals surface area contributed by atoms with Gasteiger partial charge in [-0.25, -0.2) is 0 Å². The predicted molar refractivity (Wildman–Crippen MR) is 133 cm³/mol. The van der Waals surface area contributed by atoms with Crippen LogP contribution in [0.1, 0.15) is 50.2 Å². The first-order valence-corrected chi connectivity index (χ1v) is 12.6. The van der Waals surface area contributed by atoms with Gasteiger partial charge in [0.05, 0.1) is 0 Å². The lowest BCUT2D eigenvalue weighted by molar-refractivity contribution is -0.152. The molecule has 11 nitrogen and oxygen atoms in total. The average molecular weight is 498 g/mol. The number of nitrogens with two attached hydrogens (primary N) is 2. The number of benzene rings is 1. The van der Waals surface area contributed by atoms with Gasteiger partial charge in [0, 0.05) is 26.1 Å². The lowest BCUT2D eigenvalue weighted by Gasteiger charge is -2.41. The molecule has 4 rings (SSSR count). The molecule has 36 heavy (non-hydrogen) atoms. The molecule has 0 radical (unpaired) electrons. The van der Waals surface area contributed by atoms with Crippen LogP contribution in [0, 0.1) is 0 Å². The van der Waals surface area contributed by atoms with E-state index in [0.29, 0.717) is 51.6 Å². The first-order chi connectivity index (χ1) is 17.3. The average Bonchev–Trinajstić information content (AvgIpc) is 3.36. The van der Waals surface area contributed by atoms with Gasteiger partial charge in [-0.05, 0) is 43.2 Å². The van der Waals surface area contributed by atoms with Crippen LogP contribution in [0.5, 0.6) is 0 Å². The lowest BCUT2D eigenvalue weighted by Crippen LogP contribution is -2.63. The van der Waals surface area contributed by atoms with Crippen molar-refractivity contribution in [2.75, 3.05) is 13.1 Å². The summed E-state index contributed by atoms with van der Waals surface area (Å²) in [5, 5.41) is 5.66. The van der Waals surface area contributed by atoms with Crippen LogP contribution in [0.3, 0.4) is 0 Å². The Labute approximate surface area is 210 Å². The highest BCUT2D eigenvalue weighted by Gasteiger charge is 2.44. The third-order valence-electron chi connectivity index (χ3n) is 7.26. The molecule has 1 aromatic carbocycles. The van der Waals surface area contributed by atoms with E-state index in [0.717, 1.165) is 11.1 Å². The third kappa shape index (κ3) is 5.29. The number of guanidine groups is 1. The minimum absolute atomic E-state index is 0.0448. The van der Waals surface area contributed by atoms with Crippen molar-refractivity contribution >= 4 is 29.6 Å². The van der Waals surface area contributed by atoms with Gasteiger partial charge in [-0.2, -0.15) is 0 Å². The summed E-state index contributed by atoms with van der Waals surface area (Å²) in [7, 11) is 0. The highest BCUT2D eigenvalue weighted by molar-refractivity contribution is 5.98. The van der Waals surface area contributed by atoms with Crippen molar-refractivity contribution in [3.63, 3.8) is 0 Å². The fourth-order valence-corrected chi connectivity index (χ4v) is 5.32. The van der Waals surface area contributed by atoms with Crippen LogP contribution in [-0.4, -0.2) is 76.6 Å². The largest absolute Gasteiger partial charge is 0.370 e. The van der Waals surface area contributed by atoms with Crippen LogP contribution in [0.2, 0.25) is 0 Å². The number of hydrogen-bond donors (Lipinski definition) is 4. The molecule has 0 unspecified atom stereocenters. The Hall–Kier alpha value is -3.63. The number of carbonyl (C=O) groups excluding carboxylic acids is 4. The molecule has 2 saturated heterocycles. The van der Waals surface area contributed by atoms with Crippen molar-refractivity contribution in [2.45, 2.75) is 76.2 Å². The lowest BCUT2D eigenvalue weighted by atomic mass is 9.92. The minimum Gasteiger partial charge on any atom is -0.370 e. The zero-order valence-corrected chi connectivity index (χ0v) is 20.6.